The Kier molecular flexibility index (Phi) is 7.21. The molecule has 0 spiro atoms. The molecule has 2 aromatic rings. The number of carbonyl (C=O) groups is 1. The van der Waals surface area contributed by atoms with Crippen molar-refractivity contribution in [2.45, 2.75) is 32.9 Å². The number of nitrogens with two attached hydrogens (primary N) is 1. The largest absolute Gasteiger partial charge is 0.369 e. The molecule has 8 heteroatoms. The summed E-state index contributed by atoms with van der Waals surface area (Å²) in [5.41, 5.74) is 7.99. The number of anilines is 1. The number of rotatable bonds is 6. The fraction of sp³-hybridized carbons (Fsp3) is 0.409. The number of guanidine groups is 1. The number of piperidine rings is 1. The second-order valence-electron chi connectivity index (χ2n) is 7.54. The molecule has 1 atom stereocenters. The second-order valence-corrected chi connectivity index (χ2v) is 7.54. The maximum absolute atomic E-state index is 13.7. The maximum Gasteiger partial charge on any atom is 0.222 e. The van der Waals surface area contributed by atoms with E-state index in [2.05, 4.69) is 25.5 Å². The van der Waals surface area contributed by atoms with Crippen LogP contribution in [0.15, 0.2) is 41.5 Å². The molecule has 0 radical (unpaired) electrons. The molecule has 1 aromatic heterocycles. The molecule has 1 saturated heterocycles. The molecule has 0 aliphatic carbocycles. The van der Waals surface area contributed by atoms with E-state index in [-0.39, 0.29) is 17.6 Å². The molecule has 7 nitrogen and oxygen atoms in total. The lowest BCUT2D eigenvalue weighted by molar-refractivity contribution is -0.122. The molecule has 0 bridgehead atoms. The van der Waals surface area contributed by atoms with Crippen molar-refractivity contribution in [2.75, 3.05) is 25.0 Å². The lowest BCUT2D eigenvalue weighted by Gasteiger charge is -2.33. The van der Waals surface area contributed by atoms with Gasteiger partial charge < -0.3 is 21.3 Å². The summed E-state index contributed by atoms with van der Waals surface area (Å²) >= 11 is 0. The van der Waals surface area contributed by atoms with Crippen LogP contribution in [0.3, 0.4) is 0 Å². The van der Waals surface area contributed by atoms with Gasteiger partial charge in [-0.1, -0.05) is 18.2 Å². The number of hydrogen-bond acceptors (Lipinski definition) is 4. The number of pyridine rings is 1. The van der Waals surface area contributed by atoms with Crippen LogP contribution in [0.5, 0.6) is 0 Å². The first-order chi connectivity index (χ1) is 14.5. The highest BCUT2D eigenvalue weighted by Crippen LogP contribution is 2.24. The molecule has 1 amide bonds. The SMILES string of the molecule is CN=C(NCc1ccc(C)c(F)c1)NCc1cccnc1N1CCCC(C(N)=O)C1. The summed E-state index contributed by atoms with van der Waals surface area (Å²) in [6.45, 7) is 4.16. The van der Waals surface area contributed by atoms with Gasteiger partial charge in [0.2, 0.25) is 5.91 Å². The minimum absolute atomic E-state index is 0.147. The lowest BCUT2D eigenvalue weighted by atomic mass is 9.97. The highest BCUT2D eigenvalue weighted by atomic mass is 19.1. The number of hydrogen-bond donors (Lipinski definition) is 3. The number of carbonyl (C=O) groups excluding carboxylic acids is 1. The van der Waals surface area contributed by atoms with Crippen LogP contribution in [-0.2, 0) is 17.9 Å². The van der Waals surface area contributed by atoms with Gasteiger partial charge in [0.1, 0.15) is 11.6 Å². The van der Waals surface area contributed by atoms with E-state index in [0.717, 1.165) is 36.3 Å². The van der Waals surface area contributed by atoms with Gasteiger partial charge in [0, 0.05) is 45.0 Å². The quantitative estimate of drug-likeness (QED) is 0.499. The summed E-state index contributed by atoms with van der Waals surface area (Å²) in [7, 11) is 1.69. The maximum atomic E-state index is 13.7. The topological polar surface area (TPSA) is 95.6 Å². The Morgan fingerprint density at radius 1 is 1.33 bits per heavy atom. The normalized spacial score (nSPS) is 17.0. The van der Waals surface area contributed by atoms with E-state index in [1.165, 1.54) is 6.07 Å². The van der Waals surface area contributed by atoms with Crippen molar-refractivity contribution in [1.29, 1.82) is 0 Å². The zero-order valence-electron chi connectivity index (χ0n) is 17.5. The van der Waals surface area contributed by atoms with E-state index >= 15 is 0 Å². The van der Waals surface area contributed by atoms with Crippen LogP contribution in [0.25, 0.3) is 0 Å². The van der Waals surface area contributed by atoms with Gasteiger partial charge in [-0.2, -0.15) is 0 Å². The average Bonchev–Trinajstić information content (AvgIpc) is 2.76. The fourth-order valence-electron chi connectivity index (χ4n) is 3.59. The van der Waals surface area contributed by atoms with E-state index in [4.69, 9.17) is 5.73 Å². The van der Waals surface area contributed by atoms with Crippen LogP contribution < -0.4 is 21.3 Å². The van der Waals surface area contributed by atoms with Crippen LogP contribution in [-0.4, -0.2) is 37.0 Å². The van der Waals surface area contributed by atoms with Gasteiger partial charge in [0.15, 0.2) is 5.96 Å². The summed E-state index contributed by atoms with van der Waals surface area (Å²) in [6.07, 6.45) is 3.49. The van der Waals surface area contributed by atoms with Crippen LogP contribution in [0.2, 0.25) is 0 Å². The number of halogens is 1. The predicted molar refractivity (Wildman–Crippen MR) is 117 cm³/mol. The number of nitrogens with one attached hydrogen (secondary N) is 2. The molecule has 1 aliphatic rings. The summed E-state index contributed by atoms with van der Waals surface area (Å²) in [5.74, 6) is 0.845. The molecule has 1 fully saturated rings. The molecule has 1 unspecified atom stereocenters. The van der Waals surface area contributed by atoms with Crippen molar-refractivity contribution in [3.05, 3.63) is 59.0 Å². The Balaban J connectivity index is 1.62. The molecule has 2 heterocycles. The smallest absolute Gasteiger partial charge is 0.222 e. The van der Waals surface area contributed by atoms with Crippen LogP contribution in [0.4, 0.5) is 10.2 Å². The standard InChI is InChI=1S/C22H29FN6O/c1-15-7-8-16(11-19(15)23)12-27-22(25-2)28-13-17-5-3-9-26-21(17)29-10-4-6-18(14-29)20(24)30/h3,5,7-9,11,18H,4,6,10,12-14H2,1-2H3,(H2,24,30)(H2,25,27,28). The number of aryl methyl sites for hydroxylation is 1. The van der Waals surface area contributed by atoms with Gasteiger partial charge in [0.05, 0.1) is 5.92 Å². The highest BCUT2D eigenvalue weighted by Gasteiger charge is 2.25. The van der Waals surface area contributed by atoms with Crippen molar-refractivity contribution in [1.82, 2.24) is 15.6 Å². The minimum Gasteiger partial charge on any atom is -0.369 e. The Bertz CT molecular complexity index is 916. The first kappa shape index (κ1) is 21.5. The van der Waals surface area contributed by atoms with Crippen LogP contribution >= 0.6 is 0 Å². The molecule has 0 saturated carbocycles. The van der Waals surface area contributed by atoms with E-state index in [0.29, 0.717) is 31.2 Å². The molecule has 160 valence electrons. The third-order valence-corrected chi connectivity index (χ3v) is 5.36. The molecule has 30 heavy (non-hydrogen) atoms. The molecule has 1 aliphatic heterocycles. The lowest BCUT2D eigenvalue weighted by Crippen LogP contribution is -2.42. The third-order valence-electron chi connectivity index (χ3n) is 5.36. The summed E-state index contributed by atoms with van der Waals surface area (Å²) in [4.78, 5) is 22.5. The number of aliphatic imine (C=N–C) groups is 1. The number of aromatic nitrogens is 1. The second kappa shape index (κ2) is 10.0. The Labute approximate surface area is 176 Å². The average molecular weight is 413 g/mol. The van der Waals surface area contributed by atoms with Crippen molar-refractivity contribution in [3.63, 3.8) is 0 Å². The monoisotopic (exact) mass is 412 g/mol. The van der Waals surface area contributed by atoms with Crippen LogP contribution in [0, 0.1) is 18.7 Å². The van der Waals surface area contributed by atoms with Crippen LogP contribution in [0.1, 0.15) is 29.5 Å². The van der Waals surface area contributed by atoms with Gasteiger partial charge in [-0.25, -0.2) is 9.37 Å². The third kappa shape index (κ3) is 5.46. The number of primary amides is 1. The zero-order chi connectivity index (χ0) is 21.5. The highest BCUT2D eigenvalue weighted by molar-refractivity contribution is 5.80. The Morgan fingerprint density at radius 3 is 2.87 bits per heavy atom. The number of amides is 1. The first-order valence-corrected chi connectivity index (χ1v) is 10.2. The van der Waals surface area contributed by atoms with E-state index in [1.54, 1.807) is 26.2 Å². The number of nitrogens with zero attached hydrogens (tertiary/aromatic N) is 3. The van der Waals surface area contributed by atoms with Crippen molar-refractivity contribution < 1.29 is 9.18 Å². The first-order valence-electron chi connectivity index (χ1n) is 10.2. The van der Waals surface area contributed by atoms with E-state index < -0.39 is 0 Å². The van der Waals surface area contributed by atoms with E-state index in [1.807, 2.05) is 18.2 Å². The minimum atomic E-state index is -0.257. The summed E-state index contributed by atoms with van der Waals surface area (Å²) in [6, 6.07) is 9.08. The molecule has 4 N–H and O–H groups in total. The Hall–Kier alpha value is -3.16. The summed E-state index contributed by atoms with van der Waals surface area (Å²) in [5, 5.41) is 6.48. The predicted octanol–water partition coefficient (Wildman–Crippen LogP) is 2.10. The molecule has 1 aromatic carbocycles. The number of benzene rings is 1. The van der Waals surface area contributed by atoms with Gasteiger partial charge >= 0.3 is 0 Å². The molecular weight excluding hydrogens is 383 g/mol. The zero-order valence-corrected chi connectivity index (χ0v) is 17.5. The van der Waals surface area contributed by atoms with Gasteiger partial charge in [-0.05, 0) is 43.0 Å². The van der Waals surface area contributed by atoms with Gasteiger partial charge in [0.25, 0.3) is 0 Å². The van der Waals surface area contributed by atoms with E-state index in [9.17, 15) is 9.18 Å². The fourth-order valence-corrected chi connectivity index (χ4v) is 3.59. The van der Waals surface area contributed by atoms with Crippen molar-refractivity contribution in [3.8, 4) is 0 Å². The van der Waals surface area contributed by atoms with Crippen molar-refractivity contribution >= 4 is 17.7 Å². The van der Waals surface area contributed by atoms with Crippen molar-refractivity contribution in [2.24, 2.45) is 16.6 Å². The molecule has 3 rings (SSSR count). The van der Waals surface area contributed by atoms with Gasteiger partial charge in [-0.15, -0.1) is 0 Å². The molecular formula is C22H29FN6O. The summed E-state index contributed by atoms with van der Waals surface area (Å²) < 4.78 is 13.7. The Morgan fingerprint density at radius 2 is 2.13 bits per heavy atom. The van der Waals surface area contributed by atoms with Gasteiger partial charge in [-0.3, -0.25) is 9.79 Å².